The van der Waals surface area contributed by atoms with Crippen molar-refractivity contribution in [1.29, 1.82) is 0 Å². The van der Waals surface area contributed by atoms with Gasteiger partial charge in [-0.15, -0.1) is 5.10 Å². The first kappa shape index (κ1) is 18.4. The summed E-state index contributed by atoms with van der Waals surface area (Å²) in [5, 5.41) is 14.5. The van der Waals surface area contributed by atoms with Crippen LogP contribution in [0.2, 0.25) is 10.0 Å². The smallest absolute Gasteiger partial charge is 0.322 e. The first-order valence-electron chi connectivity index (χ1n) is 7.90. The van der Waals surface area contributed by atoms with Crippen LogP contribution >= 0.6 is 23.2 Å². The van der Waals surface area contributed by atoms with E-state index in [9.17, 15) is 4.79 Å². The minimum atomic E-state index is -0.301. The second-order valence-corrected chi connectivity index (χ2v) is 6.44. The van der Waals surface area contributed by atoms with Crippen LogP contribution in [0, 0.1) is 0 Å². The number of aromatic nitrogens is 2. The third kappa shape index (κ3) is 4.60. The molecule has 26 heavy (non-hydrogen) atoms. The quantitative estimate of drug-likeness (QED) is 0.654. The molecule has 3 rings (SSSR count). The molecule has 134 valence electrons. The third-order valence-electron chi connectivity index (χ3n) is 3.69. The summed E-state index contributed by atoms with van der Waals surface area (Å²) in [6, 6.07) is 14.5. The van der Waals surface area contributed by atoms with Gasteiger partial charge in [0, 0.05) is 21.7 Å². The van der Waals surface area contributed by atoms with Crippen LogP contribution in [-0.4, -0.2) is 22.6 Å². The molecule has 0 fully saturated rings. The fourth-order valence-electron chi connectivity index (χ4n) is 2.34. The molecule has 8 heteroatoms. The number of nitrogens with zero attached hydrogens (tertiary/aromatic N) is 2. The highest BCUT2D eigenvalue weighted by Gasteiger charge is 2.14. The SMILES string of the molecule is CC(NCC(=O)Nc1nnc(-c2ccccc2)o1)c1ccc(Cl)cc1Cl. The predicted molar refractivity (Wildman–Crippen MR) is 101 cm³/mol. The molecule has 3 aromatic rings. The van der Waals surface area contributed by atoms with Gasteiger partial charge in [-0.1, -0.05) is 52.6 Å². The Morgan fingerprint density at radius 2 is 1.92 bits per heavy atom. The van der Waals surface area contributed by atoms with E-state index in [-0.39, 0.29) is 24.5 Å². The van der Waals surface area contributed by atoms with Crippen molar-refractivity contribution in [2.75, 3.05) is 11.9 Å². The molecule has 1 aromatic heterocycles. The largest absolute Gasteiger partial charge is 0.403 e. The molecule has 0 saturated heterocycles. The maximum Gasteiger partial charge on any atom is 0.322 e. The second kappa shape index (κ2) is 8.31. The predicted octanol–water partition coefficient (Wildman–Crippen LogP) is 4.33. The van der Waals surface area contributed by atoms with Crippen LogP contribution in [0.1, 0.15) is 18.5 Å². The van der Waals surface area contributed by atoms with Crippen LogP contribution in [0.15, 0.2) is 52.9 Å². The molecule has 1 amide bonds. The number of nitrogens with one attached hydrogen (secondary N) is 2. The van der Waals surface area contributed by atoms with Gasteiger partial charge in [0.2, 0.25) is 11.8 Å². The lowest BCUT2D eigenvalue weighted by molar-refractivity contribution is -0.115. The van der Waals surface area contributed by atoms with Crippen LogP contribution < -0.4 is 10.6 Å². The van der Waals surface area contributed by atoms with Crippen LogP contribution in [-0.2, 0) is 4.79 Å². The number of rotatable bonds is 6. The second-order valence-electron chi connectivity index (χ2n) is 5.59. The van der Waals surface area contributed by atoms with Gasteiger partial charge in [0.15, 0.2) is 0 Å². The van der Waals surface area contributed by atoms with Crippen LogP contribution in [0.25, 0.3) is 11.5 Å². The minimum absolute atomic E-state index is 0.0489. The molecule has 1 atom stereocenters. The zero-order valence-electron chi connectivity index (χ0n) is 13.9. The van der Waals surface area contributed by atoms with Crippen molar-refractivity contribution in [2.24, 2.45) is 0 Å². The summed E-state index contributed by atoms with van der Waals surface area (Å²) in [7, 11) is 0. The Kier molecular flexibility index (Phi) is 5.88. The number of carbonyl (C=O) groups is 1. The minimum Gasteiger partial charge on any atom is -0.403 e. The van der Waals surface area contributed by atoms with Gasteiger partial charge < -0.3 is 9.73 Å². The van der Waals surface area contributed by atoms with E-state index < -0.39 is 0 Å². The molecular formula is C18H16Cl2N4O2. The number of hydrogen-bond donors (Lipinski definition) is 2. The van der Waals surface area contributed by atoms with Crippen LogP contribution in [0.3, 0.4) is 0 Å². The summed E-state index contributed by atoms with van der Waals surface area (Å²) in [4.78, 5) is 12.1. The maximum atomic E-state index is 12.1. The molecule has 0 spiro atoms. The summed E-state index contributed by atoms with van der Waals surface area (Å²) in [6.45, 7) is 1.96. The van der Waals surface area contributed by atoms with Crippen molar-refractivity contribution in [3.63, 3.8) is 0 Å². The summed E-state index contributed by atoms with van der Waals surface area (Å²) in [5.74, 6) is 0.0420. The Bertz CT molecular complexity index is 899. The number of hydrogen-bond acceptors (Lipinski definition) is 5. The van der Waals surface area contributed by atoms with Gasteiger partial charge >= 0.3 is 6.01 Å². The highest BCUT2D eigenvalue weighted by Crippen LogP contribution is 2.26. The number of halogens is 2. The standard InChI is InChI=1S/C18H16Cl2N4O2/c1-11(14-8-7-13(19)9-15(14)20)21-10-16(25)22-18-24-23-17(26-18)12-5-3-2-4-6-12/h2-9,11,21H,10H2,1H3,(H,22,24,25). The summed E-state index contributed by atoms with van der Waals surface area (Å²) < 4.78 is 5.45. The summed E-state index contributed by atoms with van der Waals surface area (Å²) >= 11 is 12.1. The zero-order valence-corrected chi connectivity index (χ0v) is 15.4. The van der Waals surface area contributed by atoms with Crippen molar-refractivity contribution < 1.29 is 9.21 Å². The van der Waals surface area contributed by atoms with Crippen molar-refractivity contribution in [1.82, 2.24) is 15.5 Å². The Hall–Kier alpha value is -2.41. The molecule has 0 radical (unpaired) electrons. The van der Waals surface area contributed by atoms with Gasteiger partial charge in [-0.2, -0.15) is 0 Å². The van der Waals surface area contributed by atoms with E-state index in [1.807, 2.05) is 43.3 Å². The lowest BCUT2D eigenvalue weighted by atomic mass is 10.1. The van der Waals surface area contributed by atoms with Crippen LogP contribution in [0.5, 0.6) is 0 Å². The molecule has 1 unspecified atom stereocenters. The Morgan fingerprint density at radius 1 is 1.15 bits per heavy atom. The van der Waals surface area contributed by atoms with Crippen molar-refractivity contribution in [3.8, 4) is 11.5 Å². The average molecular weight is 391 g/mol. The molecule has 0 saturated carbocycles. The lowest BCUT2D eigenvalue weighted by Crippen LogP contribution is -2.30. The highest BCUT2D eigenvalue weighted by atomic mass is 35.5. The van der Waals surface area contributed by atoms with Crippen molar-refractivity contribution in [3.05, 3.63) is 64.1 Å². The molecule has 0 bridgehead atoms. The van der Waals surface area contributed by atoms with Crippen molar-refractivity contribution >= 4 is 35.1 Å². The Balaban J connectivity index is 1.55. The van der Waals surface area contributed by atoms with E-state index in [0.717, 1.165) is 11.1 Å². The van der Waals surface area contributed by atoms with Crippen molar-refractivity contribution in [2.45, 2.75) is 13.0 Å². The Morgan fingerprint density at radius 3 is 2.65 bits per heavy atom. The fraction of sp³-hybridized carbons (Fsp3) is 0.167. The highest BCUT2D eigenvalue weighted by molar-refractivity contribution is 6.35. The topological polar surface area (TPSA) is 80.0 Å². The monoisotopic (exact) mass is 390 g/mol. The first-order chi connectivity index (χ1) is 12.5. The molecule has 6 nitrogen and oxygen atoms in total. The van der Waals surface area contributed by atoms with E-state index in [1.165, 1.54) is 0 Å². The van der Waals surface area contributed by atoms with E-state index in [4.69, 9.17) is 27.6 Å². The number of anilines is 1. The number of benzene rings is 2. The molecule has 1 heterocycles. The average Bonchev–Trinajstić information content (AvgIpc) is 3.09. The van der Waals surface area contributed by atoms with Gasteiger partial charge in [0.1, 0.15) is 0 Å². The molecule has 0 aliphatic rings. The zero-order chi connectivity index (χ0) is 18.5. The van der Waals surface area contributed by atoms with Crippen LogP contribution in [0.4, 0.5) is 6.01 Å². The van der Waals surface area contributed by atoms with E-state index in [0.29, 0.717) is 15.9 Å². The summed E-state index contributed by atoms with van der Waals surface area (Å²) in [5.41, 5.74) is 1.64. The molecule has 2 aromatic carbocycles. The normalized spacial score (nSPS) is 12.0. The number of carbonyl (C=O) groups excluding carboxylic acids is 1. The van der Waals surface area contributed by atoms with E-state index in [1.54, 1.807) is 12.1 Å². The Labute approximate surface area is 160 Å². The molecule has 2 N–H and O–H groups in total. The maximum absolute atomic E-state index is 12.1. The molecular weight excluding hydrogens is 375 g/mol. The third-order valence-corrected chi connectivity index (χ3v) is 4.25. The van der Waals surface area contributed by atoms with Gasteiger partial charge in [-0.25, -0.2) is 0 Å². The van der Waals surface area contributed by atoms with Gasteiger partial charge in [0.25, 0.3) is 0 Å². The number of amides is 1. The van der Waals surface area contributed by atoms with Gasteiger partial charge in [0.05, 0.1) is 6.54 Å². The summed E-state index contributed by atoms with van der Waals surface area (Å²) in [6.07, 6.45) is 0. The molecule has 0 aliphatic heterocycles. The molecule has 0 aliphatic carbocycles. The fourth-order valence-corrected chi connectivity index (χ4v) is 2.92. The van der Waals surface area contributed by atoms with Gasteiger partial charge in [-0.05, 0) is 36.8 Å². The van der Waals surface area contributed by atoms with E-state index >= 15 is 0 Å². The van der Waals surface area contributed by atoms with Gasteiger partial charge in [-0.3, -0.25) is 10.1 Å². The van der Waals surface area contributed by atoms with E-state index in [2.05, 4.69) is 20.8 Å². The lowest BCUT2D eigenvalue weighted by Gasteiger charge is -2.15. The first-order valence-corrected chi connectivity index (χ1v) is 8.65.